The second-order valence-corrected chi connectivity index (χ2v) is 5.46. The molecule has 0 aliphatic heterocycles. The number of rotatable bonds is 5. The Bertz CT molecular complexity index is 449. The average molecular weight is 263 g/mol. The Balaban J connectivity index is 2.07. The normalized spacial score (nSPS) is 16.3. The quantitative estimate of drug-likeness (QED) is 0.886. The maximum absolute atomic E-state index is 12.3. The zero-order valence-corrected chi connectivity index (χ0v) is 11.7. The number of amides is 1. The van der Waals surface area contributed by atoms with Gasteiger partial charge in [0.1, 0.15) is 5.75 Å². The summed E-state index contributed by atoms with van der Waals surface area (Å²) in [6.45, 7) is 3.88. The second kappa shape index (κ2) is 5.21. The molecule has 0 atom stereocenters. The molecule has 1 N–H and O–H groups in total. The molecule has 1 amide bonds. The Labute approximate surface area is 114 Å². The van der Waals surface area contributed by atoms with Crippen LogP contribution in [0.15, 0.2) is 24.3 Å². The molecule has 0 aromatic heterocycles. The fourth-order valence-electron chi connectivity index (χ4n) is 2.08. The molecule has 19 heavy (non-hydrogen) atoms. The zero-order chi connectivity index (χ0) is 14.0. The van der Waals surface area contributed by atoms with Crippen molar-refractivity contribution < 1.29 is 14.6 Å². The Morgan fingerprint density at radius 3 is 2.37 bits per heavy atom. The van der Waals surface area contributed by atoms with Gasteiger partial charge in [-0.1, -0.05) is 0 Å². The second-order valence-electron chi connectivity index (χ2n) is 5.46. The van der Waals surface area contributed by atoms with E-state index in [-0.39, 0.29) is 18.6 Å². The fraction of sp³-hybridized carbons (Fsp3) is 0.533. The molecule has 1 aliphatic carbocycles. The van der Waals surface area contributed by atoms with Gasteiger partial charge in [-0.3, -0.25) is 4.79 Å². The average Bonchev–Trinajstić information content (AvgIpc) is 3.18. The van der Waals surface area contributed by atoms with Gasteiger partial charge in [0.15, 0.2) is 0 Å². The summed E-state index contributed by atoms with van der Waals surface area (Å²) in [7, 11) is 1.75. The molecule has 4 nitrogen and oxygen atoms in total. The lowest BCUT2D eigenvalue weighted by atomic mass is 10.1. The van der Waals surface area contributed by atoms with Gasteiger partial charge in [0, 0.05) is 12.7 Å². The van der Waals surface area contributed by atoms with E-state index in [9.17, 15) is 9.90 Å². The van der Waals surface area contributed by atoms with Crippen LogP contribution in [0.4, 0.5) is 5.69 Å². The summed E-state index contributed by atoms with van der Waals surface area (Å²) < 4.78 is 5.57. The number of benzene rings is 1. The Morgan fingerprint density at radius 2 is 1.95 bits per heavy atom. The molecule has 2 rings (SSSR count). The molecule has 0 saturated heterocycles. The number of aliphatic hydroxyl groups excluding tert-OH is 1. The third-order valence-corrected chi connectivity index (χ3v) is 3.51. The first kappa shape index (κ1) is 13.9. The van der Waals surface area contributed by atoms with Gasteiger partial charge in [0.2, 0.25) is 5.91 Å². The van der Waals surface area contributed by atoms with Crippen molar-refractivity contribution in [2.75, 3.05) is 18.6 Å². The minimum absolute atomic E-state index is 0.00692. The van der Waals surface area contributed by atoms with Crippen molar-refractivity contribution in [2.45, 2.75) is 32.8 Å². The van der Waals surface area contributed by atoms with Gasteiger partial charge in [0.25, 0.3) is 0 Å². The van der Waals surface area contributed by atoms with E-state index >= 15 is 0 Å². The van der Waals surface area contributed by atoms with Gasteiger partial charge in [0.05, 0.1) is 18.1 Å². The lowest BCUT2D eigenvalue weighted by molar-refractivity contribution is -0.124. The largest absolute Gasteiger partial charge is 0.491 e. The van der Waals surface area contributed by atoms with Crippen LogP contribution < -0.4 is 9.64 Å². The van der Waals surface area contributed by atoms with Gasteiger partial charge >= 0.3 is 0 Å². The first-order chi connectivity index (χ1) is 8.98. The number of hydrogen-bond donors (Lipinski definition) is 1. The monoisotopic (exact) mass is 263 g/mol. The summed E-state index contributed by atoms with van der Waals surface area (Å²) in [4.78, 5) is 13.9. The van der Waals surface area contributed by atoms with Crippen LogP contribution in [-0.4, -0.2) is 30.8 Å². The smallest absolute Gasteiger partial charge is 0.235 e. The highest BCUT2D eigenvalue weighted by Gasteiger charge is 2.50. The van der Waals surface area contributed by atoms with Crippen LogP contribution in [0.5, 0.6) is 5.75 Å². The highest BCUT2D eigenvalue weighted by atomic mass is 16.5. The molecule has 0 radical (unpaired) electrons. The van der Waals surface area contributed by atoms with E-state index in [1.54, 1.807) is 11.9 Å². The van der Waals surface area contributed by atoms with Gasteiger partial charge in [-0.05, 0) is 51.0 Å². The van der Waals surface area contributed by atoms with Gasteiger partial charge < -0.3 is 14.7 Å². The third kappa shape index (κ3) is 2.89. The van der Waals surface area contributed by atoms with Crippen LogP contribution in [0.25, 0.3) is 0 Å². The molecule has 0 spiro atoms. The summed E-state index contributed by atoms with van der Waals surface area (Å²) in [5.41, 5.74) is 0.294. The van der Waals surface area contributed by atoms with E-state index in [0.717, 1.165) is 24.3 Å². The van der Waals surface area contributed by atoms with Crippen LogP contribution in [0.2, 0.25) is 0 Å². The predicted molar refractivity (Wildman–Crippen MR) is 74.4 cm³/mol. The number of carbonyl (C=O) groups is 1. The van der Waals surface area contributed by atoms with Crippen LogP contribution in [0, 0.1) is 5.41 Å². The van der Waals surface area contributed by atoms with Crippen LogP contribution >= 0.6 is 0 Å². The third-order valence-electron chi connectivity index (χ3n) is 3.51. The predicted octanol–water partition coefficient (Wildman–Crippen LogP) is 2.21. The maximum atomic E-state index is 12.3. The number of hydrogen-bond acceptors (Lipinski definition) is 3. The van der Waals surface area contributed by atoms with Crippen molar-refractivity contribution in [2.24, 2.45) is 5.41 Å². The van der Waals surface area contributed by atoms with Crippen LogP contribution in [0.3, 0.4) is 0 Å². The van der Waals surface area contributed by atoms with E-state index in [4.69, 9.17) is 4.74 Å². The molecule has 1 aromatic rings. The lowest BCUT2D eigenvalue weighted by Gasteiger charge is -2.22. The van der Waals surface area contributed by atoms with Gasteiger partial charge in [-0.15, -0.1) is 0 Å². The Hall–Kier alpha value is -1.55. The fourth-order valence-corrected chi connectivity index (χ4v) is 2.08. The van der Waals surface area contributed by atoms with E-state index in [1.165, 1.54) is 0 Å². The Kier molecular flexibility index (Phi) is 3.80. The van der Waals surface area contributed by atoms with E-state index in [0.29, 0.717) is 0 Å². The molecule has 1 fully saturated rings. The molecule has 0 heterocycles. The van der Waals surface area contributed by atoms with Crippen molar-refractivity contribution in [1.29, 1.82) is 0 Å². The first-order valence-corrected chi connectivity index (χ1v) is 6.64. The summed E-state index contributed by atoms with van der Waals surface area (Å²) in [6, 6.07) is 7.45. The van der Waals surface area contributed by atoms with Crippen LogP contribution in [0.1, 0.15) is 26.7 Å². The molecule has 0 unspecified atom stereocenters. The molecule has 0 bridgehead atoms. The van der Waals surface area contributed by atoms with Crippen LogP contribution in [-0.2, 0) is 4.79 Å². The van der Waals surface area contributed by atoms with Gasteiger partial charge in [-0.25, -0.2) is 0 Å². The zero-order valence-electron chi connectivity index (χ0n) is 11.7. The molecule has 1 aliphatic rings. The van der Waals surface area contributed by atoms with E-state index in [2.05, 4.69) is 0 Å². The number of aliphatic hydroxyl groups is 1. The summed E-state index contributed by atoms with van der Waals surface area (Å²) >= 11 is 0. The summed E-state index contributed by atoms with van der Waals surface area (Å²) in [5.74, 6) is 0.787. The molecular formula is C15H21NO3. The van der Waals surface area contributed by atoms with E-state index in [1.807, 2.05) is 38.1 Å². The molecule has 1 aromatic carbocycles. The molecular weight excluding hydrogens is 242 g/mol. The van der Waals surface area contributed by atoms with Gasteiger partial charge in [-0.2, -0.15) is 0 Å². The topological polar surface area (TPSA) is 49.8 Å². The van der Waals surface area contributed by atoms with Crippen molar-refractivity contribution in [1.82, 2.24) is 0 Å². The number of carbonyl (C=O) groups excluding carboxylic acids is 1. The number of anilines is 1. The standard InChI is InChI=1S/C15H21NO3/c1-11(2)19-13-6-4-12(5-7-13)16(3)14(18)15(10-17)8-9-15/h4-7,11,17H,8-10H2,1-3H3. The molecule has 1 saturated carbocycles. The number of ether oxygens (including phenoxy) is 1. The summed E-state index contributed by atoms with van der Waals surface area (Å²) in [6.07, 6.45) is 1.69. The Morgan fingerprint density at radius 1 is 1.37 bits per heavy atom. The number of nitrogens with zero attached hydrogens (tertiary/aromatic N) is 1. The maximum Gasteiger partial charge on any atom is 0.235 e. The van der Waals surface area contributed by atoms with Crippen molar-refractivity contribution in [3.8, 4) is 5.75 Å². The minimum atomic E-state index is -0.526. The van der Waals surface area contributed by atoms with E-state index < -0.39 is 5.41 Å². The highest BCUT2D eigenvalue weighted by Crippen LogP contribution is 2.47. The first-order valence-electron chi connectivity index (χ1n) is 6.64. The molecule has 104 valence electrons. The van der Waals surface area contributed by atoms with Crippen molar-refractivity contribution in [3.05, 3.63) is 24.3 Å². The SMILES string of the molecule is CC(C)Oc1ccc(N(C)C(=O)C2(CO)CC2)cc1. The van der Waals surface area contributed by atoms with Crippen molar-refractivity contribution >= 4 is 11.6 Å². The molecule has 4 heteroatoms. The van der Waals surface area contributed by atoms with Crippen molar-refractivity contribution in [3.63, 3.8) is 0 Å². The summed E-state index contributed by atoms with van der Waals surface area (Å²) in [5, 5.41) is 9.30. The highest BCUT2D eigenvalue weighted by molar-refractivity contribution is 5.99. The minimum Gasteiger partial charge on any atom is -0.491 e. The lowest BCUT2D eigenvalue weighted by Crippen LogP contribution is -2.36.